The summed E-state index contributed by atoms with van der Waals surface area (Å²) < 4.78 is 10.3. The Bertz CT molecular complexity index is 703. The number of ether oxygens (including phenoxy) is 2. The van der Waals surface area contributed by atoms with Crippen molar-refractivity contribution in [1.82, 2.24) is 0 Å². The molecule has 0 aliphatic carbocycles. The second-order valence-electron chi connectivity index (χ2n) is 8.00. The van der Waals surface area contributed by atoms with E-state index in [1.165, 1.54) is 52.1 Å². The molecule has 32 heavy (non-hydrogen) atoms. The Morgan fingerprint density at radius 3 is 2.31 bits per heavy atom. The van der Waals surface area contributed by atoms with Crippen LogP contribution in [0.5, 0.6) is 11.5 Å². The van der Waals surface area contributed by atoms with Crippen LogP contribution in [0.25, 0.3) is 6.08 Å². The first-order valence-electron chi connectivity index (χ1n) is 12.2. The van der Waals surface area contributed by atoms with E-state index in [0.717, 1.165) is 31.2 Å². The Hall–Kier alpha value is -2.49. The molecule has 0 spiro atoms. The van der Waals surface area contributed by atoms with Crippen molar-refractivity contribution >= 4 is 12.0 Å². The van der Waals surface area contributed by atoms with Crippen molar-refractivity contribution in [3.05, 3.63) is 54.1 Å². The normalized spacial score (nSPS) is 11.7. The van der Waals surface area contributed by atoms with Gasteiger partial charge in [0.05, 0.1) is 7.11 Å². The van der Waals surface area contributed by atoms with Gasteiger partial charge < -0.3 is 14.6 Å². The Labute approximate surface area is 195 Å². The molecule has 4 heteroatoms. The van der Waals surface area contributed by atoms with Crippen LogP contribution in [-0.4, -0.2) is 24.8 Å². The predicted molar refractivity (Wildman–Crippen MR) is 134 cm³/mol. The molecular weight excluding hydrogens is 400 g/mol. The number of unbranched alkanes of at least 4 members (excludes halogenated alkanes) is 8. The molecule has 0 heterocycles. The summed E-state index contributed by atoms with van der Waals surface area (Å²) in [4.78, 5) is 11.8. The molecule has 4 nitrogen and oxygen atoms in total. The number of aromatic hydroxyl groups is 1. The average Bonchev–Trinajstić information content (AvgIpc) is 2.80. The van der Waals surface area contributed by atoms with Gasteiger partial charge in [-0.25, -0.2) is 0 Å². The maximum atomic E-state index is 11.8. The third kappa shape index (κ3) is 14.5. The highest BCUT2D eigenvalue weighted by molar-refractivity contribution is 5.69. The fourth-order valence-corrected chi connectivity index (χ4v) is 3.28. The number of esters is 1. The standard InChI is InChI=1S/C28H42O4/c1-3-4-5-6-7-8-9-10-11-12-13-14-15-16-17-20-28(30)32-23-18-19-25-21-22-26(29)27(24-25)31-2/h7-8,10-11,18-19,21-22,24,29H,3-6,9,12-17,20,23H2,1-2H3/b8-7-,11-10-,19-18?. The van der Waals surface area contributed by atoms with Crippen LogP contribution >= 0.6 is 0 Å². The van der Waals surface area contributed by atoms with Gasteiger partial charge in [0.25, 0.3) is 0 Å². The van der Waals surface area contributed by atoms with Gasteiger partial charge in [-0.1, -0.05) is 75.5 Å². The van der Waals surface area contributed by atoms with E-state index in [0.29, 0.717) is 12.2 Å². The van der Waals surface area contributed by atoms with Crippen molar-refractivity contribution in [2.75, 3.05) is 13.7 Å². The molecule has 1 aromatic rings. The molecule has 0 aromatic heterocycles. The number of hydrogen-bond acceptors (Lipinski definition) is 4. The molecule has 0 aliphatic rings. The van der Waals surface area contributed by atoms with Crippen LogP contribution in [0.15, 0.2) is 48.6 Å². The number of carbonyl (C=O) groups is 1. The molecule has 1 rings (SSSR count). The molecule has 0 saturated heterocycles. The van der Waals surface area contributed by atoms with E-state index in [4.69, 9.17) is 9.47 Å². The highest BCUT2D eigenvalue weighted by Crippen LogP contribution is 2.26. The zero-order valence-corrected chi connectivity index (χ0v) is 20.1. The first kappa shape index (κ1) is 27.5. The van der Waals surface area contributed by atoms with Gasteiger partial charge in [0.15, 0.2) is 11.5 Å². The van der Waals surface area contributed by atoms with Crippen LogP contribution < -0.4 is 4.74 Å². The monoisotopic (exact) mass is 442 g/mol. The lowest BCUT2D eigenvalue weighted by Gasteiger charge is -2.04. The van der Waals surface area contributed by atoms with E-state index in [2.05, 4.69) is 31.2 Å². The first-order valence-corrected chi connectivity index (χ1v) is 12.2. The molecule has 0 radical (unpaired) electrons. The van der Waals surface area contributed by atoms with Gasteiger partial charge in [-0.2, -0.15) is 0 Å². The van der Waals surface area contributed by atoms with Crippen molar-refractivity contribution in [1.29, 1.82) is 0 Å². The Morgan fingerprint density at radius 2 is 1.59 bits per heavy atom. The minimum absolute atomic E-state index is 0.105. The van der Waals surface area contributed by atoms with Crippen LogP contribution in [-0.2, 0) is 9.53 Å². The van der Waals surface area contributed by atoms with Gasteiger partial charge >= 0.3 is 5.97 Å². The summed E-state index contributed by atoms with van der Waals surface area (Å²) >= 11 is 0. The summed E-state index contributed by atoms with van der Waals surface area (Å²) in [7, 11) is 1.51. The largest absolute Gasteiger partial charge is 0.504 e. The fraction of sp³-hybridized carbons (Fsp3) is 0.536. The third-order valence-corrected chi connectivity index (χ3v) is 5.19. The molecule has 0 saturated carbocycles. The van der Waals surface area contributed by atoms with Gasteiger partial charge in [0.2, 0.25) is 0 Å². The maximum absolute atomic E-state index is 11.8. The SMILES string of the molecule is CCCCC/C=C\C/C=C\CCCCCCCC(=O)OCC=Cc1ccc(O)c(OC)c1. The van der Waals surface area contributed by atoms with Gasteiger partial charge in [-0.15, -0.1) is 0 Å². The van der Waals surface area contributed by atoms with Crippen LogP contribution in [0.2, 0.25) is 0 Å². The molecule has 0 fully saturated rings. The second kappa shape index (κ2) is 19.2. The second-order valence-corrected chi connectivity index (χ2v) is 8.00. The van der Waals surface area contributed by atoms with E-state index in [-0.39, 0.29) is 18.3 Å². The topological polar surface area (TPSA) is 55.8 Å². The Kier molecular flexibility index (Phi) is 16.5. The number of rotatable bonds is 18. The van der Waals surface area contributed by atoms with Crippen LogP contribution in [0, 0.1) is 0 Å². The van der Waals surface area contributed by atoms with Crippen molar-refractivity contribution < 1.29 is 19.4 Å². The average molecular weight is 443 g/mol. The number of phenols is 1. The quantitative estimate of drug-likeness (QED) is 0.143. The van der Waals surface area contributed by atoms with Crippen LogP contribution in [0.3, 0.4) is 0 Å². The van der Waals surface area contributed by atoms with Crippen LogP contribution in [0.1, 0.15) is 89.5 Å². The number of carbonyl (C=O) groups excluding carboxylic acids is 1. The van der Waals surface area contributed by atoms with E-state index < -0.39 is 0 Å². The summed E-state index contributed by atoms with van der Waals surface area (Å²) in [6, 6.07) is 5.09. The molecule has 178 valence electrons. The predicted octanol–water partition coefficient (Wildman–Crippen LogP) is 7.77. The van der Waals surface area contributed by atoms with Crippen molar-refractivity contribution in [3.8, 4) is 11.5 Å². The molecule has 0 amide bonds. The minimum Gasteiger partial charge on any atom is -0.504 e. The highest BCUT2D eigenvalue weighted by Gasteiger charge is 2.02. The zero-order valence-electron chi connectivity index (χ0n) is 20.1. The Balaban J connectivity index is 1.97. The van der Waals surface area contributed by atoms with E-state index in [1.807, 2.05) is 6.08 Å². The lowest BCUT2D eigenvalue weighted by Crippen LogP contribution is -2.03. The smallest absolute Gasteiger partial charge is 0.306 e. The van der Waals surface area contributed by atoms with E-state index >= 15 is 0 Å². The van der Waals surface area contributed by atoms with Gasteiger partial charge in [-0.3, -0.25) is 4.79 Å². The first-order chi connectivity index (χ1) is 15.7. The van der Waals surface area contributed by atoms with Crippen molar-refractivity contribution in [2.45, 2.75) is 84.0 Å². The lowest BCUT2D eigenvalue weighted by atomic mass is 10.1. The highest BCUT2D eigenvalue weighted by atomic mass is 16.5. The molecule has 1 N–H and O–H groups in total. The lowest BCUT2D eigenvalue weighted by molar-refractivity contribution is -0.142. The minimum atomic E-state index is -0.149. The molecule has 0 aliphatic heterocycles. The van der Waals surface area contributed by atoms with E-state index in [9.17, 15) is 9.90 Å². The summed E-state index contributed by atoms with van der Waals surface area (Å²) in [5, 5.41) is 9.59. The molecular formula is C28H42O4. The van der Waals surface area contributed by atoms with Crippen LogP contribution in [0.4, 0.5) is 0 Å². The fourth-order valence-electron chi connectivity index (χ4n) is 3.28. The zero-order chi connectivity index (χ0) is 23.3. The molecule has 0 unspecified atom stereocenters. The van der Waals surface area contributed by atoms with Gasteiger partial charge in [-0.05, 0) is 62.3 Å². The number of phenolic OH excluding ortho intramolecular Hbond substituents is 1. The maximum Gasteiger partial charge on any atom is 0.306 e. The number of allylic oxidation sites excluding steroid dienone is 4. The summed E-state index contributed by atoms with van der Waals surface area (Å²) in [5.74, 6) is 0.377. The van der Waals surface area contributed by atoms with Gasteiger partial charge in [0, 0.05) is 6.42 Å². The third-order valence-electron chi connectivity index (χ3n) is 5.19. The van der Waals surface area contributed by atoms with Gasteiger partial charge in [0.1, 0.15) is 6.61 Å². The van der Waals surface area contributed by atoms with Crippen molar-refractivity contribution in [3.63, 3.8) is 0 Å². The molecule has 0 bridgehead atoms. The summed E-state index contributed by atoms with van der Waals surface area (Å²) in [5.41, 5.74) is 0.879. The summed E-state index contributed by atoms with van der Waals surface area (Å²) in [6.07, 6.45) is 26.1. The number of hydrogen-bond donors (Lipinski definition) is 1. The summed E-state index contributed by atoms with van der Waals surface area (Å²) in [6.45, 7) is 2.49. The Morgan fingerprint density at radius 1 is 0.906 bits per heavy atom. The van der Waals surface area contributed by atoms with Crippen molar-refractivity contribution in [2.24, 2.45) is 0 Å². The molecule has 0 atom stereocenters. The van der Waals surface area contributed by atoms with E-state index in [1.54, 1.807) is 24.3 Å². The number of benzene rings is 1. The number of methoxy groups -OCH3 is 1. The molecule has 1 aromatic carbocycles.